The molecule has 1 aliphatic rings. The molecule has 2 heterocycles. The first-order chi connectivity index (χ1) is 8.40. The Hall–Kier alpha value is -1.02. The van der Waals surface area contributed by atoms with Crippen molar-refractivity contribution in [2.45, 2.75) is 18.2 Å². The number of aromatic nitrogens is 1. The average molecular weight is 379 g/mol. The second-order valence-corrected chi connectivity index (χ2v) is 6.11. The lowest BCUT2D eigenvalue weighted by molar-refractivity contribution is -0.384. The number of aryl methyl sites for hydroxylation is 1. The Balaban J connectivity index is 2.52. The minimum atomic E-state index is -0.526. The molecule has 1 aromatic rings. The van der Waals surface area contributed by atoms with Gasteiger partial charge in [0.25, 0.3) is 0 Å². The molecule has 0 radical (unpaired) electrons. The highest BCUT2D eigenvalue weighted by atomic mass is 79.9. The van der Waals surface area contributed by atoms with Crippen LogP contribution in [0.4, 0.5) is 11.5 Å². The molecule has 96 valence electrons. The normalized spacial score (nSPS) is 19.4. The van der Waals surface area contributed by atoms with Gasteiger partial charge in [0, 0.05) is 28.3 Å². The number of anilines is 1. The van der Waals surface area contributed by atoms with Crippen molar-refractivity contribution < 1.29 is 9.72 Å². The van der Waals surface area contributed by atoms with Crippen molar-refractivity contribution in [2.75, 3.05) is 11.4 Å². The number of alkyl halides is 1. The van der Waals surface area contributed by atoms with Gasteiger partial charge >= 0.3 is 5.69 Å². The van der Waals surface area contributed by atoms with Crippen molar-refractivity contribution >= 4 is 49.3 Å². The lowest BCUT2D eigenvalue weighted by Gasteiger charge is -2.15. The second kappa shape index (κ2) is 4.93. The van der Waals surface area contributed by atoms with Crippen LogP contribution in [0.3, 0.4) is 0 Å². The quantitative estimate of drug-likeness (QED) is 0.450. The molecule has 6 nitrogen and oxygen atoms in total. The van der Waals surface area contributed by atoms with Crippen LogP contribution in [0.5, 0.6) is 0 Å². The predicted octanol–water partition coefficient (Wildman–Crippen LogP) is 2.56. The fourth-order valence-corrected chi connectivity index (χ4v) is 2.63. The summed E-state index contributed by atoms with van der Waals surface area (Å²) in [6.45, 7) is 2.12. The van der Waals surface area contributed by atoms with E-state index in [-0.39, 0.29) is 22.2 Å². The molecule has 0 saturated carbocycles. The standard InChI is InChI=1S/C10H9Br2N3O3/c1-5-7(12)3-8(15(17)18)10(13-5)14-4-6(11)2-9(14)16/h3,6H,2,4H2,1H3. The molecule has 1 unspecified atom stereocenters. The van der Waals surface area contributed by atoms with E-state index in [1.807, 2.05) is 0 Å². The summed E-state index contributed by atoms with van der Waals surface area (Å²) in [5, 5.41) is 11.0. The number of carbonyl (C=O) groups is 1. The van der Waals surface area contributed by atoms with Gasteiger partial charge in [0.2, 0.25) is 11.7 Å². The van der Waals surface area contributed by atoms with E-state index in [1.165, 1.54) is 11.0 Å². The molecule has 0 N–H and O–H groups in total. The number of amides is 1. The number of carbonyl (C=O) groups excluding carboxylic acids is 1. The molecule has 0 spiro atoms. The van der Waals surface area contributed by atoms with E-state index in [1.54, 1.807) is 6.92 Å². The molecule has 1 fully saturated rings. The van der Waals surface area contributed by atoms with E-state index in [0.29, 0.717) is 23.1 Å². The topological polar surface area (TPSA) is 76.3 Å². The molecule has 1 amide bonds. The highest BCUT2D eigenvalue weighted by molar-refractivity contribution is 9.10. The fourth-order valence-electron chi connectivity index (χ4n) is 1.76. The summed E-state index contributed by atoms with van der Waals surface area (Å²) in [6.07, 6.45) is 0.327. The molecule has 8 heteroatoms. The van der Waals surface area contributed by atoms with Crippen LogP contribution in [0.1, 0.15) is 12.1 Å². The van der Waals surface area contributed by atoms with Crippen LogP contribution in [0.25, 0.3) is 0 Å². The van der Waals surface area contributed by atoms with E-state index < -0.39 is 4.92 Å². The van der Waals surface area contributed by atoms with E-state index in [4.69, 9.17) is 0 Å². The lowest BCUT2D eigenvalue weighted by atomic mass is 10.3. The van der Waals surface area contributed by atoms with Crippen molar-refractivity contribution in [3.05, 3.63) is 26.3 Å². The van der Waals surface area contributed by atoms with Gasteiger partial charge in [0.15, 0.2) is 0 Å². The molecule has 0 aliphatic carbocycles. The molecule has 0 bridgehead atoms. The number of pyridine rings is 1. The smallest absolute Gasteiger partial charge is 0.290 e. The van der Waals surface area contributed by atoms with Crippen LogP contribution in [0, 0.1) is 17.0 Å². The number of halogens is 2. The summed E-state index contributed by atoms with van der Waals surface area (Å²) >= 11 is 6.55. The summed E-state index contributed by atoms with van der Waals surface area (Å²) in [4.78, 5) is 27.8. The van der Waals surface area contributed by atoms with Gasteiger partial charge in [0.1, 0.15) is 0 Å². The van der Waals surface area contributed by atoms with Crippen molar-refractivity contribution in [2.24, 2.45) is 0 Å². The van der Waals surface area contributed by atoms with Gasteiger partial charge in [-0.2, -0.15) is 0 Å². The van der Waals surface area contributed by atoms with Gasteiger partial charge in [-0.3, -0.25) is 19.8 Å². The van der Waals surface area contributed by atoms with Gasteiger partial charge in [-0.15, -0.1) is 0 Å². The lowest BCUT2D eigenvalue weighted by Crippen LogP contribution is -2.26. The zero-order valence-corrected chi connectivity index (χ0v) is 12.6. The van der Waals surface area contributed by atoms with Crippen molar-refractivity contribution in [1.82, 2.24) is 4.98 Å². The molecule has 1 aromatic heterocycles. The summed E-state index contributed by atoms with van der Waals surface area (Å²) < 4.78 is 0.556. The summed E-state index contributed by atoms with van der Waals surface area (Å²) in [7, 11) is 0. The third-order valence-corrected chi connectivity index (χ3v) is 4.06. The Morgan fingerprint density at radius 3 is 2.78 bits per heavy atom. The number of rotatable bonds is 2. The molecule has 18 heavy (non-hydrogen) atoms. The maximum Gasteiger partial charge on any atom is 0.313 e. The highest BCUT2D eigenvalue weighted by Crippen LogP contribution is 2.34. The minimum absolute atomic E-state index is 0.00959. The number of nitro groups is 1. The second-order valence-electron chi connectivity index (χ2n) is 3.96. The molecular weight excluding hydrogens is 370 g/mol. The fraction of sp³-hybridized carbons (Fsp3) is 0.400. The Kier molecular flexibility index (Phi) is 3.67. The summed E-state index contributed by atoms with van der Waals surface area (Å²) in [6, 6.07) is 1.38. The van der Waals surface area contributed by atoms with Gasteiger partial charge in [0.05, 0.1) is 10.6 Å². The highest BCUT2D eigenvalue weighted by Gasteiger charge is 2.34. The summed E-state index contributed by atoms with van der Waals surface area (Å²) in [5.41, 5.74) is 0.448. The van der Waals surface area contributed by atoms with Crippen LogP contribution in [-0.2, 0) is 4.79 Å². The first kappa shape index (κ1) is 13.4. The molecule has 1 atom stereocenters. The number of hydrogen-bond acceptors (Lipinski definition) is 4. The monoisotopic (exact) mass is 377 g/mol. The maximum atomic E-state index is 11.8. The van der Waals surface area contributed by atoms with Crippen LogP contribution < -0.4 is 4.90 Å². The van der Waals surface area contributed by atoms with Crippen LogP contribution >= 0.6 is 31.9 Å². The Morgan fingerprint density at radius 2 is 2.28 bits per heavy atom. The first-order valence-electron chi connectivity index (χ1n) is 5.16. The van der Waals surface area contributed by atoms with Gasteiger partial charge in [-0.1, -0.05) is 15.9 Å². The van der Waals surface area contributed by atoms with Crippen LogP contribution in [-0.4, -0.2) is 27.2 Å². The third-order valence-electron chi connectivity index (χ3n) is 2.64. The molecular formula is C10H9Br2N3O3. The Morgan fingerprint density at radius 1 is 1.61 bits per heavy atom. The average Bonchev–Trinajstić information content (AvgIpc) is 2.61. The van der Waals surface area contributed by atoms with Crippen LogP contribution in [0.2, 0.25) is 0 Å². The molecule has 1 saturated heterocycles. The third kappa shape index (κ3) is 2.39. The zero-order valence-electron chi connectivity index (χ0n) is 9.39. The summed E-state index contributed by atoms with van der Waals surface area (Å²) in [5.74, 6) is -0.0400. The van der Waals surface area contributed by atoms with Crippen molar-refractivity contribution in [3.63, 3.8) is 0 Å². The molecule has 2 rings (SSSR count). The van der Waals surface area contributed by atoms with Gasteiger partial charge < -0.3 is 0 Å². The minimum Gasteiger partial charge on any atom is -0.290 e. The van der Waals surface area contributed by atoms with E-state index in [0.717, 1.165) is 0 Å². The van der Waals surface area contributed by atoms with Crippen molar-refractivity contribution in [3.8, 4) is 0 Å². The SMILES string of the molecule is Cc1nc(N2CC(Br)CC2=O)c([N+](=O)[O-])cc1Br. The first-order valence-corrected chi connectivity index (χ1v) is 6.87. The predicted molar refractivity (Wildman–Crippen MR) is 73.0 cm³/mol. The zero-order chi connectivity index (χ0) is 13.4. The molecule has 1 aliphatic heterocycles. The Bertz CT molecular complexity index is 535. The van der Waals surface area contributed by atoms with Gasteiger partial charge in [-0.05, 0) is 22.9 Å². The van der Waals surface area contributed by atoms with Gasteiger partial charge in [-0.25, -0.2) is 4.98 Å². The van der Waals surface area contributed by atoms with E-state index in [9.17, 15) is 14.9 Å². The van der Waals surface area contributed by atoms with E-state index >= 15 is 0 Å². The Labute approximate surface area is 120 Å². The molecule has 0 aromatic carbocycles. The number of nitrogens with zero attached hydrogens (tertiary/aromatic N) is 3. The van der Waals surface area contributed by atoms with Crippen molar-refractivity contribution in [1.29, 1.82) is 0 Å². The largest absolute Gasteiger partial charge is 0.313 e. The maximum absolute atomic E-state index is 11.8. The number of hydrogen-bond donors (Lipinski definition) is 0. The van der Waals surface area contributed by atoms with Crippen LogP contribution in [0.15, 0.2) is 10.5 Å². The van der Waals surface area contributed by atoms with E-state index in [2.05, 4.69) is 36.8 Å².